The lowest BCUT2D eigenvalue weighted by molar-refractivity contribution is 0.0184. The van der Waals surface area contributed by atoms with Crippen LogP contribution in [0.5, 0.6) is 5.75 Å². The largest absolute Gasteiger partial charge is 0.491 e. The van der Waals surface area contributed by atoms with Crippen LogP contribution in [-0.2, 0) is 4.74 Å². The number of nitrogens with one attached hydrogen (secondary N) is 1. The minimum Gasteiger partial charge on any atom is -0.491 e. The number of aliphatic hydroxyl groups is 1. The molecule has 0 spiro atoms. The van der Waals surface area contributed by atoms with Crippen LogP contribution in [0, 0.1) is 11.3 Å². The van der Waals surface area contributed by atoms with Gasteiger partial charge in [-0.2, -0.15) is 5.26 Å². The summed E-state index contributed by atoms with van der Waals surface area (Å²) >= 11 is 0. The standard InChI is InChI=1S/C16H22N2O3/c1-16(7-2-8-20-12-16)18-10-14(19)11-21-15-5-3-13(9-17)4-6-15/h3-6,14,18-19H,2,7-8,10-12H2,1H3. The number of β-amino-alcohol motifs (C(OH)–C–C–N with tert-alkyl or cyclic N) is 1. The minimum absolute atomic E-state index is 0.0618. The van der Waals surface area contributed by atoms with Gasteiger partial charge in [-0.15, -0.1) is 0 Å². The number of aliphatic hydroxyl groups excluding tert-OH is 1. The number of ether oxygens (including phenoxy) is 2. The highest BCUT2D eigenvalue weighted by Gasteiger charge is 2.27. The van der Waals surface area contributed by atoms with Gasteiger partial charge in [0.2, 0.25) is 0 Å². The zero-order chi connectivity index (χ0) is 15.1. The Balaban J connectivity index is 1.71. The Labute approximate surface area is 125 Å². The molecule has 2 atom stereocenters. The van der Waals surface area contributed by atoms with E-state index in [1.165, 1.54) is 0 Å². The first-order valence-electron chi connectivity index (χ1n) is 7.25. The maximum Gasteiger partial charge on any atom is 0.119 e. The third-order valence-corrected chi connectivity index (χ3v) is 3.63. The van der Waals surface area contributed by atoms with Gasteiger partial charge in [0.05, 0.1) is 18.2 Å². The highest BCUT2D eigenvalue weighted by Crippen LogP contribution is 2.18. The lowest BCUT2D eigenvalue weighted by Gasteiger charge is -2.35. The summed E-state index contributed by atoms with van der Waals surface area (Å²) < 4.78 is 11.0. The van der Waals surface area contributed by atoms with E-state index in [-0.39, 0.29) is 12.1 Å². The first kappa shape index (κ1) is 15.8. The highest BCUT2D eigenvalue weighted by atomic mass is 16.5. The van der Waals surface area contributed by atoms with Gasteiger partial charge in [-0.25, -0.2) is 0 Å². The van der Waals surface area contributed by atoms with Crippen LogP contribution >= 0.6 is 0 Å². The molecule has 1 fully saturated rings. The second-order valence-electron chi connectivity index (χ2n) is 5.70. The monoisotopic (exact) mass is 290 g/mol. The highest BCUT2D eigenvalue weighted by molar-refractivity contribution is 5.34. The number of nitriles is 1. The fourth-order valence-corrected chi connectivity index (χ4v) is 2.31. The van der Waals surface area contributed by atoms with E-state index in [0.717, 1.165) is 19.4 Å². The van der Waals surface area contributed by atoms with Crippen LogP contribution in [0.4, 0.5) is 0 Å². The summed E-state index contributed by atoms with van der Waals surface area (Å²) in [6.45, 7) is 4.30. The molecule has 2 unspecified atom stereocenters. The molecule has 1 aliphatic rings. The van der Waals surface area contributed by atoms with E-state index in [9.17, 15) is 5.11 Å². The van der Waals surface area contributed by atoms with Gasteiger partial charge in [0.1, 0.15) is 18.5 Å². The molecule has 0 aromatic heterocycles. The Morgan fingerprint density at radius 3 is 2.86 bits per heavy atom. The Hall–Kier alpha value is -1.61. The molecule has 2 N–H and O–H groups in total. The third kappa shape index (κ3) is 5.01. The van der Waals surface area contributed by atoms with Gasteiger partial charge in [-0.3, -0.25) is 0 Å². The molecule has 1 aromatic rings. The Bertz CT molecular complexity index is 475. The van der Waals surface area contributed by atoms with Crippen molar-refractivity contribution in [2.75, 3.05) is 26.4 Å². The molecule has 1 saturated heterocycles. The molecule has 0 saturated carbocycles. The zero-order valence-electron chi connectivity index (χ0n) is 12.3. The maximum absolute atomic E-state index is 9.98. The van der Waals surface area contributed by atoms with E-state index in [1.54, 1.807) is 24.3 Å². The Kier molecular flexibility index (Phi) is 5.57. The van der Waals surface area contributed by atoms with E-state index < -0.39 is 6.10 Å². The van der Waals surface area contributed by atoms with Gasteiger partial charge in [-0.1, -0.05) is 0 Å². The van der Waals surface area contributed by atoms with Crippen molar-refractivity contribution in [1.82, 2.24) is 5.32 Å². The van der Waals surface area contributed by atoms with Crippen molar-refractivity contribution in [1.29, 1.82) is 5.26 Å². The van der Waals surface area contributed by atoms with Crippen molar-refractivity contribution in [3.63, 3.8) is 0 Å². The van der Waals surface area contributed by atoms with Crippen LogP contribution in [0.15, 0.2) is 24.3 Å². The first-order chi connectivity index (χ1) is 10.1. The van der Waals surface area contributed by atoms with Crippen molar-refractivity contribution in [3.05, 3.63) is 29.8 Å². The molecule has 5 heteroatoms. The molecule has 5 nitrogen and oxygen atoms in total. The molecule has 2 rings (SSSR count). The Morgan fingerprint density at radius 2 is 2.24 bits per heavy atom. The first-order valence-corrected chi connectivity index (χ1v) is 7.25. The number of rotatable bonds is 6. The summed E-state index contributed by atoms with van der Waals surface area (Å²) in [7, 11) is 0. The number of hydrogen-bond acceptors (Lipinski definition) is 5. The molecule has 1 aliphatic heterocycles. The van der Waals surface area contributed by atoms with Crippen LogP contribution in [0.3, 0.4) is 0 Å². The fraction of sp³-hybridized carbons (Fsp3) is 0.562. The normalized spacial score (nSPS) is 23.3. The van der Waals surface area contributed by atoms with E-state index in [1.807, 2.05) is 0 Å². The lowest BCUT2D eigenvalue weighted by atomic mass is 9.95. The van der Waals surface area contributed by atoms with Crippen LogP contribution in [0.25, 0.3) is 0 Å². The average Bonchev–Trinajstić information content (AvgIpc) is 2.52. The number of hydrogen-bond donors (Lipinski definition) is 2. The lowest BCUT2D eigenvalue weighted by Crippen LogP contribution is -2.51. The second kappa shape index (κ2) is 7.41. The van der Waals surface area contributed by atoms with Crippen molar-refractivity contribution in [2.24, 2.45) is 0 Å². The summed E-state index contributed by atoms with van der Waals surface area (Å²) in [4.78, 5) is 0. The van der Waals surface area contributed by atoms with E-state index in [0.29, 0.717) is 24.5 Å². The molecule has 0 aliphatic carbocycles. The van der Waals surface area contributed by atoms with E-state index in [4.69, 9.17) is 14.7 Å². The maximum atomic E-state index is 9.98. The van der Waals surface area contributed by atoms with Gasteiger partial charge in [0.15, 0.2) is 0 Å². The topological polar surface area (TPSA) is 74.5 Å². The third-order valence-electron chi connectivity index (χ3n) is 3.63. The summed E-state index contributed by atoms with van der Waals surface area (Å²) in [5, 5.41) is 22.0. The van der Waals surface area contributed by atoms with E-state index >= 15 is 0 Å². The molecule has 0 amide bonds. The second-order valence-corrected chi connectivity index (χ2v) is 5.70. The molecule has 0 bridgehead atoms. The summed E-state index contributed by atoms with van der Waals surface area (Å²) in [5.41, 5.74) is 0.531. The van der Waals surface area contributed by atoms with E-state index in [2.05, 4.69) is 18.3 Å². The molecule has 1 aromatic carbocycles. The molecular weight excluding hydrogens is 268 g/mol. The summed E-state index contributed by atoms with van der Waals surface area (Å²) in [5.74, 6) is 0.653. The van der Waals surface area contributed by atoms with Gasteiger partial charge < -0.3 is 19.9 Å². The van der Waals surface area contributed by atoms with Crippen LogP contribution < -0.4 is 10.1 Å². The van der Waals surface area contributed by atoms with Gasteiger partial charge in [0.25, 0.3) is 0 Å². The van der Waals surface area contributed by atoms with Crippen molar-refractivity contribution >= 4 is 0 Å². The van der Waals surface area contributed by atoms with Crippen LogP contribution in [0.2, 0.25) is 0 Å². The number of benzene rings is 1. The number of nitrogens with zero attached hydrogens (tertiary/aromatic N) is 1. The smallest absolute Gasteiger partial charge is 0.119 e. The fourth-order valence-electron chi connectivity index (χ4n) is 2.31. The molecular formula is C16H22N2O3. The molecule has 0 radical (unpaired) electrons. The van der Waals surface area contributed by atoms with Gasteiger partial charge in [-0.05, 0) is 44.0 Å². The zero-order valence-corrected chi connectivity index (χ0v) is 12.3. The summed E-state index contributed by atoms with van der Waals surface area (Å²) in [6.07, 6.45) is 1.51. The van der Waals surface area contributed by atoms with Gasteiger partial charge in [0, 0.05) is 18.7 Å². The van der Waals surface area contributed by atoms with Crippen molar-refractivity contribution < 1.29 is 14.6 Å². The summed E-state index contributed by atoms with van der Waals surface area (Å²) in [6, 6.07) is 8.90. The quantitative estimate of drug-likeness (QED) is 0.829. The molecule has 1 heterocycles. The average molecular weight is 290 g/mol. The molecule has 21 heavy (non-hydrogen) atoms. The van der Waals surface area contributed by atoms with Crippen LogP contribution in [0.1, 0.15) is 25.3 Å². The Morgan fingerprint density at radius 1 is 1.48 bits per heavy atom. The van der Waals surface area contributed by atoms with Crippen molar-refractivity contribution in [3.8, 4) is 11.8 Å². The predicted molar refractivity (Wildman–Crippen MR) is 79.1 cm³/mol. The molecule has 114 valence electrons. The predicted octanol–water partition coefficient (Wildman–Crippen LogP) is 1.46. The SMILES string of the molecule is CC1(NCC(O)COc2ccc(C#N)cc2)CCCOC1. The van der Waals surface area contributed by atoms with Gasteiger partial charge >= 0.3 is 0 Å². The van der Waals surface area contributed by atoms with Crippen LogP contribution in [-0.4, -0.2) is 43.1 Å². The van der Waals surface area contributed by atoms with Crippen molar-refractivity contribution in [2.45, 2.75) is 31.4 Å². The minimum atomic E-state index is -0.584.